The van der Waals surface area contributed by atoms with Gasteiger partial charge in [-0.25, -0.2) is 0 Å². The molecule has 1 aromatic carbocycles. The summed E-state index contributed by atoms with van der Waals surface area (Å²) in [6, 6.07) is 8.64. The number of halogens is 1. The normalized spacial score (nSPS) is 12.8. The minimum atomic E-state index is 0.422. The zero-order valence-electron chi connectivity index (χ0n) is 13.2. The molecule has 0 bridgehead atoms. The van der Waals surface area contributed by atoms with Crippen molar-refractivity contribution in [3.63, 3.8) is 0 Å². The van der Waals surface area contributed by atoms with E-state index in [0.29, 0.717) is 6.04 Å². The summed E-state index contributed by atoms with van der Waals surface area (Å²) >= 11 is 5.96. The van der Waals surface area contributed by atoms with Crippen molar-refractivity contribution in [1.29, 1.82) is 0 Å². The van der Waals surface area contributed by atoms with Crippen LogP contribution >= 0.6 is 11.6 Å². The van der Waals surface area contributed by atoms with Crippen LogP contribution in [0.5, 0.6) is 0 Å². The van der Waals surface area contributed by atoms with Crippen molar-refractivity contribution in [1.82, 2.24) is 10.2 Å². The highest BCUT2D eigenvalue weighted by Gasteiger charge is 2.11. The average Bonchev–Trinajstić information content (AvgIpc) is 2.45. The van der Waals surface area contributed by atoms with Crippen molar-refractivity contribution in [2.24, 2.45) is 0 Å². The SMILES string of the molecule is CCCCCN(C)CCC(NCC)c1ccc(Cl)cc1. The van der Waals surface area contributed by atoms with Gasteiger partial charge in [-0.2, -0.15) is 0 Å². The zero-order valence-corrected chi connectivity index (χ0v) is 13.9. The molecule has 114 valence electrons. The van der Waals surface area contributed by atoms with E-state index in [1.807, 2.05) is 12.1 Å². The predicted molar refractivity (Wildman–Crippen MR) is 89.5 cm³/mol. The summed E-state index contributed by atoms with van der Waals surface area (Å²) < 4.78 is 0. The molecule has 0 aliphatic heterocycles. The van der Waals surface area contributed by atoms with Crippen molar-refractivity contribution >= 4 is 11.6 Å². The minimum Gasteiger partial charge on any atom is -0.310 e. The van der Waals surface area contributed by atoms with E-state index in [9.17, 15) is 0 Å². The Morgan fingerprint density at radius 3 is 2.40 bits per heavy atom. The Bertz CT molecular complexity index is 351. The highest BCUT2D eigenvalue weighted by molar-refractivity contribution is 6.30. The average molecular weight is 297 g/mol. The van der Waals surface area contributed by atoms with Crippen LogP contribution in [-0.4, -0.2) is 31.6 Å². The van der Waals surface area contributed by atoms with Gasteiger partial charge in [-0.15, -0.1) is 0 Å². The highest BCUT2D eigenvalue weighted by atomic mass is 35.5. The van der Waals surface area contributed by atoms with Gasteiger partial charge in [0, 0.05) is 11.1 Å². The van der Waals surface area contributed by atoms with Gasteiger partial charge in [-0.3, -0.25) is 0 Å². The number of unbranched alkanes of at least 4 members (excludes halogenated alkanes) is 2. The molecule has 20 heavy (non-hydrogen) atoms. The van der Waals surface area contributed by atoms with Crippen LogP contribution < -0.4 is 5.32 Å². The Labute approximate surface area is 129 Å². The third-order valence-corrected chi connectivity index (χ3v) is 3.92. The second kappa shape index (κ2) is 10.2. The van der Waals surface area contributed by atoms with Gasteiger partial charge in [-0.05, 0) is 57.2 Å². The highest BCUT2D eigenvalue weighted by Crippen LogP contribution is 2.19. The number of nitrogens with zero attached hydrogens (tertiary/aromatic N) is 1. The Morgan fingerprint density at radius 2 is 1.80 bits per heavy atom. The molecule has 0 saturated carbocycles. The maximum Gasteiger partial charge on any atom is 0.0406 e. The smallest absolute Gasteiger partial charge is 0.0406 e. The molecule has 1 unspecified atom stereocenters. The van der Waals surface area contributed by atoms with Gasteiger partial charge < -0.3 is 10.2 Å². The van der Waals surface area contributed by atoms with Crippen molar-refractivity contribution < 1.29 is 0 Å². The summed E-state index contributed by atoms with van der Waals surface area (Å²) in [5.74, 6) is 0. The molecule has 0 aromatic heterocycles. The van der Waals surface area contributed by atoms with Crippen molar-refractivity contribution in [2.75, 3.05) is 26.7 Å². The van der Waals surface area contributed by atoms with Gasteiger partial charge in [-0.1, -0.05) is 50.4 Å². The molecule has 0 saturated heterocycles. The lowest BCUT2D eigenvalue weighted by molar-refractivity contribution is 0.301. The fraction of sp³-hybridized carbons (Fsp3) is 0.647. The molecule has 0 heterocycles. The summed E-state index contributed by atoms with van der Waals surface area (Å²) in [5, 5.41) is 4.38. The Hall–Kier alpha value is -0.570. The molecule has 0 aliphatic rings. The molecular formula is C17H29ClN2. The Kier molecular flexibility index (Phi) is 8.92. The summed E-state index contributed by atoms with van der Waals surface area (Å²) in [6.07, 6.45) is 5.06. The van der Waals surface area contributed by atoms with Crippen LogP contribution in [-0.2, 0) is 0 Å². The summed E-state index contributed by atoms with van der Waals surface area (Å²) in [5.41, 5.74) is 1.33. The second-order valence-corrected chi connectivity index (χ2v) is 5.90. The fourth-order valence-corrected chi connectivity index (χ4v) is 2.55. The standard InChI is InChI=1S/C17H29ClN2/c1-4-6-7-13-20(3)14-12-17(19-5-2)15-8-10-16(18)11-9-15/h8-11,17,19H,4-7,12-14H2,1-3H3. The van der Waals surface area contributed by atoms with E-state index < -0.39 is 0 Å². The quantitative estimate of drug-likeness (QED) is 0.639. The number of benzene rings is 1. The van der Waals surface area contributed by atoms with Crippen LogP contribution in [0.4, 0.5) is 0 Å². The van der Waals surface area contributed by atoms with Crippen LogP contribution in [0.25, 0.3) is 0 Å². The van der Waals surface area contributed by atoms with E-state index in [0.717, 1.165) is 24.5 Å². The minimum absolute atomic E-state index is 0.422. The molecule has 0 amide bonds. The lowest BCUT2D eigenvalue weighted by Gasteiger charge is -2.23. The number of rotatable bonds is 10. The van der Waals surface area contributed by atoms with E-state index in [-0.39, 0.29) is 0 Å². The van der Waals surface area contributed by atoms with E-state index in [4.69, 9.17) is 11.6 Å². The first-order chi connectivity index (χ1) is 9.67. The molecule has 1 atom stereocenters. The molecule has 1 rings (SSSR count). The second-order valence-electron chi connectivity index (χ2n) is 5.46. The van der Waals surface area contributed by atoms with Gasteiger partial charge in [0.25, 0.3) is 0 Å². The van der Waals surface area contributed by atoms with Crippen LogP contribution in [0.3, 0.4) is 0 Å². The largest absolute Gasteiger partial charge is 0.310 e. The van der Waals surface area contributed by atoms with E-state index >= 15 is 0 Å². The number of nitrogens with one attached hydrogen (secondary N) is 1. The summed E-state index contributed by atoms with van der Waals surface area (Å²) in [7, 11) is 2.22. The van der Waals surface area contributed by atoms with Gasteiger partial charge in [0.2, 0.25) is 0 Å². The van der Waals surface area contributed by atoms with E-state index in [1.54, 1.807) is 0 Å². The maximum absolute atomic E-state index is 5.96. The molecule has 1 aromatic rings. The van der Waals surface area contributed by atoms with E-state index in [2.05, 4.69) is 43.2 Å². The van der Waals surface area contributed by atoms with Crippen LogP contribution in [0.15, 0.2) is 24.3 Å². The maximum atomic E-state index is 5.96. The molecule has 1 N–H and O–H groups in total. The third-order valence-electron chi connectivity index (χ3n) is 3.67. The lowest BCUT2D eigenvalue weighted by Crippen LogP contribution is -2.27. The van der Waals surface area contributed by atoms with E-state index in [1.165, 1.54) is 31.4 Å². The van der Waals surface area contributed by atoms with Gasteiger partial charge in [0.1, 0.15) is 0 Å². The molecule has 0 spiro atoms. The topological polar surface area (TPSA) is 15.3 Å². The van der Waals surface area contributed by atoms with Gasteiger partial charge in [0.15, 0.2) is 0 Å². The molecule has 0 fully saturated rings. The van der Waals surface area contributed by atoms with Crippen molar-refractivity contribution in [3.8, 4) is 0 Å². The molecular weight excluding hydrogens is 268 g/mol. The molecule has 3 heteroatoms. The Balaban J connectivity index is 2.44. The predicted octanol–water partition coefficient (Wildman–Crippen LogP) is 4.50. The lowest BCUT2D eigenvalue weighted by atomic mass is 10.0. The van der Waals surface area contributed by atoms with Crippen LogP contribution in [0.1, 0.15) is 51.1 Å². The zero-order chi connectivity index (χ0) is 14.8. The van der Waals surface area contributed by atoms with Crippen LogP contribution in [0.2, 0.25) is 5.02 Å². The Morgan fingerprint density at radius 1 is 1.10 bits per heavy atom. The number of hydrogen-bond donors (Lipinski definition) is 1. The third kappa shape index (κ3) is 6.74. The van der Waals surface area contributed by atoms with Crippen molar-refractivity contribution in [2.45, 2.75) is 45.6 Å². The first-order valence-corrected chi connectivity index (χ1v) is 8.22. The first kappa shape index (κ1) is 17.5. The fourth-order valence-electron chi connectivity index (χ4n) is 2.42. The monoisotopic (exact) mass is 296 g/mol. The van der Waals surface area contributed by atoms with Gasteiger partial charge >= 0.3 is 0 Å². The van der Waals surface area contributed by atoms with Crippen molar-refractivity contribution in [3.05, 3.63) is 34.9 Å². The summed E-state index contributed by atoms with van der Waals surface area (Å²) in [6.45, 7) is 7.74. The first-order valence-electron chi connectivity index (χ1n) is 7.84. The van der Waals surface area contributed by atoms with Gasteiger partial charge in [0.05, 0.1) is 0 Å². The van der Waals surface area contributed by atoms with Crippen LogP contribution in [0, 0.1) is 0 Å². The number of hydrogen-bond acceptors (Lipinski definition) is 2. The molecule has 0 aliphatic carbocycles. The summed E-state index contributed by atoms with van der Waals surface area (Å²) in [4.78, 5) is 2.44. The molecule has 0 radical (unpaired) electrons. The molecule has 2 nitrogen and oxygen atoms in total.